The molecule has 1 unspecified atom stereocenters. The standard InChI is InChI=1S/C10H14N4O2/c11-9(13-16)8-2-1-4-12-10(8)14-5-3-7(15)6-14/h1-2,4,7,15-16H,3,5-6H2,(H2,11,13). The minimum atomic E-state index is -0.331. The molecule has 2 heterocycles. The number of anilines is 1. The number of oxime groups is 1. The minimum Gasteiger partial charge on any atom is -0.409 e. The lowest BCUT2D eigenvalue weighted by atomic mass is 10.2. The third-order valence-electron chi connectivity index (χ3n) is 2.63. The first-order valence-electron chi connectivity index (χ1n) is 5.08. The first kappa shape index (κ1) is 10.7. The Bertz CT molecular complexity index is 408. The summed E-state index contributed by atoms with van der Waals surface area (Å²) >= 11 is 0. The first-order chi connectivity index (χ1) is 7.72. The van der Waals surface area contributed by atoms with E-state index >= 15 is 0 Å². The van der Waals surface area contributed by atoms with E-state index in [1.807, 2.05) is 4.90 Å². The summed E-state index contributed by atoms with van der Waals surface area (Å²) in [6.07, 6.45) is 2.03. The maximum absolute atomic E-state index is 9.47. The molecule has 16 heavy (non-hydrogen) atoms. The third kappa shape index (κ3) is 1.92. The van der Waals surface area contributed by atoms with E-state index in [2.05, 4.69) is 10.1 Å². The van der Waals surface area contributed by atoms with Crippen molar-refractivity contribution >= 4 is 11.7 Å². The van der Waals surface area contributed by atoms with Crippen LogP contribution in [0.15, 0.2) is 23.5 Å². The van der Waals surface area contributed by atoms with Gasteiger partial charge in [-0.2, -0.15) is 0 Å². The topological polar surface area (TPSA) is 95.0 Å². The summed E-state index contributed by atoms with van der Waals surface area (Å²) in [5, 5.41) is 21.1. The zero-order valence-electron chi connectivity index (χ0n) is 8.74. The largest absolute Gasteiger partial charge is 0.409 e. The monoisotopic (exact) mass is 222 g/mol. The van der Waals surface area contributed by atoms with Gasteiger partial charge in [0.2, 0.25) is 0 Å². The maximum atomic E-state index is 9.47. The van der Waals surface area contributed by atoms with Crippen LogP contribution in [0.2, 0.25) is 0 Å². The van der Waals surface area contributed by atoms with E-state index in [4.69, 9.17) is 10.9 Å². The van der Waals surface area contributed by atoms with Crippen LogP contribution in [-0.4, -0.2) is 40.3 Å². The molecular formula is C10H14N4O2. The molecule has 6 nitrogen and oxygen atoms in total. The highest BCUT2D eigenvalue weighted by atomic mass is 16.4. The molecule has 6 heteroatoms. The van der Waals surface area contributed by atoms with Crippen LogP contribution in [0.3, 0.4) is 0 Å². The second kappa shape index (κ2) is 4.36. The summed E-state index contributed by atoms with van der Waals surface area (Å²) in [6, 6.07) is 3.46. The van der Waals surface area contributed by atoms with Crippen molar-refractivity contribution in [2.75, 3.05) is 18.0 Å². The predicted octanol–water partition coefficient (Wildman–Crippen LogP) is -0.253. The van der Waals surface area contributed by atoms with Crippen LogP contribution in [0, 0.1) is 0 Å². The summed E-state index contributed by atoms with van der Waals surface area (Å²) in [5.74, 6) is 0.679. The van der Waals surface area contributed by atoms with Crippen LogP contribution in [0.4, 0.5) is 5.82 Å². The van der Waals surface area contributed by atoms with E-state index in [1.54, 1.807) is 18.3 Å². The molecule has 86 valence electrons. The summed E-state index contributed by atoms with van der Waals surface area (Å²) in [4.78, 5) is 6.14. The van der Waals surface area contributed by atoms with Crippen molar-refractivity contribution in [2.45, 2.75) is 12.5 Å². The van der Waals surface area contributed by atoms with Crippen molar-refractivity contribution < 1.29 is 10.3 Å². The van der Waals surface area contributed by atoms with Crippen LogP contribution in [0.25, 0.3) is 0 Å². The molecule has 0 radical (unpaired) electrons. The van der Waals surface area contributed by atoms with Crippen LogP contribution in [0.5, 0.6) is 0 Å². The highest BCUT2D eigenvalue weighted by molar-refractivity contribution is 6.01. The Balaban J connectivity index is 2.33. The van der Waals surface area contributed by atoms with Crippen LogP contribution >= 0.6 is 0 Å². The fraction of sp³-hybridized carbons (Fsp3) is 0.400. The molecule has 1 aliphatic rings. The van der Waals surface area contributed by atoms with Crippen molar-refractivity contribution in [3.63, 3.8) is 0 Å². The lowest BCUT2D eigenvalue weighted by molar-refractivity contribution is 0.198. The molecule has 1 fully saturated rings. The summed E-state index contributed by atoms with van der Waals surface area (Å²) in [6.45, 7) is 1.26. The molecule has 0 aromatic carbocycles. The molecule has 1 saturated heterocycles. The van der Waals surface area contributed by atoms with Crippen LogP contribution < -0.4 is 10.6 Å². The second-order valence-electron chi connectivity index (χ2n) is 3.75. The molecule has 1 aliphatic heterocycles. The molecule has 0 amide bonds. The number of amidine groups is 1. The van der Waals surface area contributed by atoms with E-state index in [9.17, 15) is 5.11 Å². The fourth-order valence-electron chi connectivity index (χ4n) is 1.84. The van der Waals surface area contributed by atoms with Crippen LogP contribution in [0.1, 0.15) is 12.0 Å². The van der Waals surface area contributed by atoms with Gasteiger partial charge in [-0.15, -0.1) is 0 Å². The Morgan fingerprint density at radius 2 is 2.44 bits per heavy atom. The van der Waals surface area contributed by atoms with E-state index < -0.39 is 0 Å². The normalized spacial score (nSPS) is 21.4. The van der Waals surface area contributed by atoms with Crippen molar-refractivity contribution in [1.82, 2.24) is 4.98 Å². The number of nitrogens with zero attached hydrogens (tertiary/aromatic N) is 3. The molecule has 0 bridgehead atoms. The number of hydrogen-bond acceptors (Lipinski definition) is 5. The summed E-state index contributed by atoms with van der Waals surface area (Å²) in [7, 11) is 0. The quantitative estimate of drug-likeness (QED) is 0.277. The Hall–Kier alpha value is -1.82. The number of aliphatic hydroxyl groups is 1. The molecular weight excluding hydrogens is 208 g/mol. The average Bonchev–Trinajstić information content (AvgIpc) is 2.75. The minimum absolute atomic E-state index is 0.0319. The molecule has 2 rings (SSSR count). The Kier molecular flexibility index (Phi) is 2.91. The third-order valence-corrected chi connectivity index (χ3v) is 2.63. The molecule has 1 atom stereocenters. The van der Waals surface area contributed by atoms with Crippen molar-refractivity contribution in [3.05, 3.63) is 23.9 Å². The van der Waals surface area contributed by atoms with Gasteiger partial charge in [-0.1, -0.05) is 5.16 Å². The second-order valence-corrected chi connectivity index (χ2v) is 3.75. The van der Waals surface area contributed by atoms with Crippen molar-refractivity contribution in [3.8, 4) is 0 Å². The predicted molar refractivity (Wildman–Crippen MR) is 59.6 cm³/mol. The molecule has 4 N–H and O–H groups in total. The molecule has 1 aromatic rings. The average molecular weight is 222 g/mol. The number of nitrogens with two attached hydrogens (primary N) is 1. The number of hydrogen-bond donors (Lipinski definition) is 3. The van der Waals surface area contributed by atoms with E-state index in [-0.39, 0.29) is 11.9 Å². The Labute approximate surface area is 93.0 Å². The Morgan fingerprint density at radius 1 is 1.62 bits per heavy atom. The number of aliphatic hydroxyl groups excluding tert-OH is 1. The van der Waals surface area contributed by atoms with Gasteiger partial charge in [0.15, 0.2) is 5.84 Å². The molecule has 0 spiro atoms. The van der Waals surface area contributed by atoms with Gasteiger partial charge in [-0.25, -0.2) is 4.98 Å². The molecule has 1 aromatic heterocycles. The SMILES string of the molecule is NC(=NO)c1cccnc1N1CCC(O)C1. The zero-order chi connectivity index (χ0) is 11.5. The van der Waals surface area contributed by atoms with Gasteiger partial charge >= 0.3 is 0 Å². The van der Waals surface area contributed by atoms with Gasteiger partial charge in [0, 0.05) is 19.3 Å². The number of β-amino-alcohol motifs (C(OH)–C–C–N with tert-alkyl or cyclic N) is 1. The maximum Gasteiger partial charge on any atom is 0.173 e. The van der Waals surface area contributed by atoms with Gasteiger partial charge in [0.05, 0.1) is 11.7 Å². The molecule has 0 saturated carbocycles. The van der Waals surface area contributed by atoms with E-state index in [0.717, 1.165) is 6.54 Å². The zero-order valence-corrected chi connectivity index (χ0v) is 8.74. The van der Waals surface area contributed by atoms with Crippen LogP contribution in [-0.2, 0) is 0 Å². The number of pyridine rings is 1. The smallest absolute Gasteiger partial charge is 0.173 e. The summed E-state index contributed by atoms with van der Waals surface area (Å²) in [5.41, 5.74) is 6.15. The van der Waals surface area contributed by atoms with Gasteiger partial charge in [-0.05, 0) is 18.6 Å². The van der Waals surface area contributed by atoms with Gasteiger partial charge in [0.1, 0.15) is 5.82 Å². The first-order valence-corrected chi connectivity index (χ1v) is 5.08. The lowest BCUT2D eigenvalue weighted by Crippen LogP contribution is -2.26. The van der Waals surface area contributed by atoms with Gasteiger partial charge in [-0.3, -0.25) is 0 Å². The number of rotatable bonds is 2. The van der Waals surface area contributed by atoms with Crippen molar-refractivity contribution in [1.29, 1.82) is 0 Å². The lowest BCUT2D eigenvalue weighted by Gasteiger charge is -2.19. The fourth-order valence-corrected chi connectivity index (χ4v) is 1.84. The van der Waals surface area contributed by atoms with Gasteiger partial charge in [0.25, 0.3) is 0 Å². The highest BCUT2D eigenvalue weighted by Crippen LogP contribution is 2.21. The summed E-state index contributed by atoms with van der Waals surface area (Å²) < 4.78 is 0. The highest BCUT2D eigenvalue weighted by Gasteiger charge is 2.24. The Morgan fingerprint density at radius 3 is 3.06 bits per heavy atom. The number of aromatic nitrogens is 1. The van der Waals surface area contributed by atoms with Gasteiger partial charge < -0.3 is 20.9 Å². The van der Waals surface area contributed by atoms with E-state index in [0.29, 0.717) is 24.3 Å². The molecule has 0 aliphatic carbocycles. The van der Waals surface area contributed by atoms with Crippen molar-refractivity contribution in [2.24, 2.45) is 10.9 Å². The van der Waals surface area contributed by atoms with E-state index in [1.165, 1.54) is 0 Å².